The Hall–Kier alpha value is -2.84. The largest absolute Gasteiger partial charge is 0.452 e. The Kier molecular flexibility index (Phi) is 5.56. The predicted molar refractivity (Wildman–Crippen MR) is 91.0 cm³/mol. The number of carbonyl (C=O) groups excluding carboxylic acids is 2. The van der Waals surface area contributed by atoms with E-state index < -0.39 is 18.5 Å². The van der Waals surface area contributed by atoms with Crippen molar-refractivity contribution < 1.29 is 14.3 Å². The average Bonchev–Trinajstić information content (AvgIpc) is 2.53. The van der Waals surface area contributed by atoms with Crippen molar-refractivity contribution in [1.29, 1.82) is 5.26 Å². The van der Waals surface area contributed by atoms with Crippen molar-refractivity contribution in [2.24, 2.45) is 0 Å². The molecule has 1 N–H and O–H groups in total. The lowest BCUT2D eigenvalue weighted by molar-refractivity contribution is -0.119. The van der Waals surface area contributed by atoms with Crippen LogP contribution in [0.25, 0.3) is 0 Å². The van der Waals surface area contributed by atoms with Crippen LogP contribution in [0.5, 0.6) is 0 Å². The Morgan fingerprint density at radius 2 is 1.96 bits per heavy atom. The summed E-state index contributed by atoms with van der Waals surface area (Å²) < 4.78 is 5.02. The number of aryl methyl sites for hydroxylation is 2. The molecular formula is C18H15ClN2O3. The lowest BCUT2D eigenvalue weighted by atomic mass is 10.1. The predicted octanol–water partition coefficient (Wildman–Crippen LogP) is 3.62. The minimum Gasteiger partial charge on any atom is -0.452 e. The number of halogens is 1. The molecule has 0 atom stereocenters. The highest BCUT2D eigenvalue weighted by Crippen LogP contribution is 2.20. The number of ether oxygens (including phenoxy) is 1. The standard InChI is InChI=1S/C18H15ClN2O3/c1-11-3-6-15(12(2)7-11)18(23)24-10-17(22)21-16-8-14(19)5-4-13(16)9-20/h3-8H,10H2,1-2H3,(H,21,22). The average molecular weight is 343 g/mol. The summed E-state index contributed by atoms with van der Waals surface area (Å²) in [6.07, 6.45) is 0. The van der Waals surface area contributed by atoms with Gasteiger partial charge in [0.1, 0.15) is 6.07 Å². The van der Waals surface area contributed by atoms with Crippen LogP contribution in [0.3, 0.4) is 0 Å². The molecule has 2 aromatic rings. The van der Waals surface area contributed by atoms with Crippen LogP contribution in [0.2, 0.25) is 5.02 Å². The number of esters is 1. The molecule has 2 aromatic carbocycles. The molecule has 0 fully saturated rings. The van der Waals surface area contributed by atoms with Gasteiger partial charge in [-0.05, 0) is 43.7 Å². The van der Waals surface area contributed by atoms with Gasteiger partial charge >= 0.3 is 5.97 Å². The summed E-state index contributed by atoms with van der Waals surface area (Å²) in [6, 6.07) is 11.8. The number of rotatable bonds is 4. The molecule has 5 nitrogen and oxygen atoms in total. The summed E-state index contributed by atoms with van der Waals surface area (Å²) in [5, 5.41) is 11.9. The second kappa shape index (κ2) is 7.62. The third-order valence-electron chi connectivity index (χ3n) is 3.31. The Bertz CT molecular complexity index is 841. The van der Waals surface area contributed by atoms with Crippen LogP contribution in [-0.2, 0) is 9.53 Å². The van der Waals surface area contributed by atoms with E-state index in [9.17, 15) is 9.59 Å². The van der Waals surface area contributed by atoms with Crippen molar-refractivity contribution in [3.8, 4) is 6.07 Å². The molecule has 0 unspecified atom stereocenters. The Morgan fingerprint density at radius 3 is 2.62 bits per heavy atom. The highest BCUT2D eigenvalue weighted by Gasteiger charge is 2.14. The summed E-state index contributed by atoms with van der Waals surface area (Å²) >= 11 is 5.85. The van der Waals surface area contributed by atoms with Crippen LogP contribution in [0.4, 0.5) is 5.69 Å². The number of hydrogen-bond acceptors (Lipinski definition) is 4. The van der Waals surface area contributed by atoms with Crippen molar-refractivity contribution >= 4 is 29.2 Å². The highest BCUT2D eigenvalue weighted by atomic mass is 35.5. The zero-order valence-corrected chi connectivity index (χ0v) is 14.0. The van der Waals surface area contributed by atoms with Gasteiger partial charge < -0.3 is 10.1 Å². The fourth-order valence-corrected chi connectivity index (χ4v) is 2.33. The van der Waals surface area contributed by atoms with Crippen molar-refractivity contribution in [1.82, 2.24) is 0 Å². The maximum absolute atomic E-state index is 12.0. The molecule has 0 aliphatic carbocycles. The first-order chi connectivity index (χ1) is 11.4. The van der Waals surface area contributed by atoms with E-state index in [2.05, 4.69) is 5.32 Å². The fraction of sp³-hybridized carbons (Fsp3) is 0.167. The number of hydrogen-bond donors (Lipinski definition) is 1. The third kappa shape index (κ3) is 4.34. The van der Waals surface area contributed by atoms with Crippen LogP contribution in [0.15, 0.2) is 36.4 Å². The smallest absolute Gasteiger partial charge is 0.338 e. The second-order valence-corrected chi connectivity index (χ2v) is 5.68. The lowest BCUT2D eigenvalue weighted by Crippen LogP contribution is -2.21. The Morgan fingerprint density at radius 1 is 1.21 bits per heavy atom. The summed E-state index contributed by atoms with van der Waals surface area (Å²) in [5.74, 6) is -1.12. The molecule has 2 rings (SSSR count). The zero-order valence-electron chi connectivity index (χ0n) is 13.2. The molecule has 0 aromatic heterocycles. The van der Waals surface area contributed by atoms with E-state index in [0.29, 0.717) is 10.6 Å². The van der Waals surface area contributed by atoms with Gasteiger partial charge in [-0.2, -0.15) is 5.26 Å². The van der Waals surface area contributed by atoms with Gasteiger partial charge in [-0.15, -0.1) is 0 Å². The van der Waals surface area contributed by atoms with Crippen molar-refractivity contribution in [2.45, 2.75) is 13.8 Å². The first-order valence-electron chi connectivity index (χ1n) is 7.14. The van der Waals surface area contributed by atoms with E-state index in [0.717, 1.165) is 11.1 Å². The number of amides is 1. The van der Waals surface area contributed by atoms with E-state index in [1.807, 2.05) is 19.1 Å². The van der Waals surface area contributed by atoms with Crippen LogP contribution >= 0.6 is 11.6 Å². The minimum absolute atomic E-state index is 0.272. The molecule has 0 bridgehead atoms. The minimum atomic E-state index is -0.575. The monoisotopic (exact) mass is 342 g/mol. The second-order valence-electron chi connectivity index (χ2n) is 5.24. The molecule has 1 amide bonds. The van der Waals surface area contributed by atoms with Crippen LogP contribution in [0, 0.1) is 25.2 Å². The van der Waals surface area contributed by atoms with Gasteiger partial charge in [0, 0.05) is 5.02 Å². The molecule has 0 aliphatic rings. The molecule has 24 heavy (non-hydrogen) atoms. The molecule has 6 heteroatoms. The highest BCUT2D eigenvalue weighted by molar-refractivity contribution is 6.31. The van der Waals surface area contributed by atoms with Crippen LogP contribution in [-0.4, -0.2) is 18.5 Å². The van der Waals surface area contributed by atoms with Crippen LogP contribution in [0.1, 0.15) is 27.0 Å². The number of anilines is 1. The number of benzene rings is 2. The maximum atomic E-state index is 12.0. The lowest BCUT2D eigenvalue weighted by Gasteiger charge is -2.09. The molecule has 0 saturated carbocycles. The third-order valence-corrected chi connectivity index (χ3v) is 3.55. The maximum Gasteiger partial charge on any atom is 0.338 e. The van der Waals surface area contributed by atoms with E-state index in [-0.39, 0.29) is 11.3 Å². The first kappa shape index (κ1) is 17.5. The van der Waals surface area contributed by atoms with Gasteiger partial charge in [-0.1, -0.05) is 29.3 Å². The van der Waals surface area contributed by atoms with E-state index in [1.54, 1.807) is 25.1 Å². The number of carbonyl (C=O) groups is 2. The van der Waals surface area contributed by atoms with E-state index in [4.69, 9.17) is 21.6 Å². The molecule has 0 heterocycles. The molecular weight excluding hydrogens is 328 g/mol. The van der Waals surface area contributed by atoms with Gasteiger partial charge in [-0.25, -0.2) is 4.79 Å². The van der Waals surface area contributed by atoms with Gasteiger partial charge in [0.05, 0.1) is 16.8 Å². The topological polar surface area (TPSA) is 79.2 Å². The SMILES string of the molecule is Cc1ccc(C(=O)OCC(=O)Nc2cc(Cl)ccc2C#N)c(C)c1. The Labute approximate surface area is 144 Å². The van der Waals surface area contributed by atoms with Crippen molar-refractivity contribution in [3.63, 3.8) is 0 Å². The Balaban J connectivity index is 2.00. The van der Waals surface area contributed by atoms with E-state index >= 15 is 0 Å². The number of nitrogens with one attached hydrogen (secondary N) is 1. The van der Waals surface area contributed by atoms with E-state index in [1.165, 1.54) is 12.1 Å². The number of nitrogens with zero attached hydrogens (tertiary/aromatic N) is 1. The fourth-order valence-electron chi connectivity index (χ4n) is 2.16. The summed E-state index contributed by atoms with van der Waals surface area (Å²) in [4.78, 5) is 24.0. The van der Waals surface area contributed by atoms with Gasteiger partial charge in [-0.3, -0.25) is 4.79 Å². The first-order valence-corrected chi connectivity index (χ1v) is 7.52. The molecule has 0 radical (unpaired) electrons. The molecule has 122 valence electrons. The van der Waals surface area contributed by atoms with Gasteiger partial charge in [0.2, 0.25) is 0 Å². The summed E-state index contributed by atoms with van der Waals surface area (Å²) in [6.45, 7) is 3.27. The molecule has 0 aliphatic heterocycles. The molecule has 0 saturated heterocycles. The van der Waals surface area contributed by atoms with Crippen LogP contribution < -0.4 is 5.32 Å². The van der Waals surface area contributed by atoms with Crippen molar-refractivity contribution in [3.05, 3.63) is 63.7 Å². The summed E-state index contributed by atoms with van der Waals surface area (Å²) in [5.41, 5.74) is 2.77. The van der Waals surface area contributed by atoms with Crippen molar-refractivity contribution in [2.75, 3.05) is 11.9 Å². The van der Waals surface area contributed by atoms with Gasteiger partial charge in [0.15, 0.2) is 6.61 Å². The quantitative estimate of drug-likeness (QED) is 0.860. The van der Waals surface area contributed by atoms with Gasteiger partial charge in [0.25, 0.3) is 5.91 Å². The number of nitriles is 1. The normalized spacial score (nSPS) is 9.92. The molecule has 0 spiro atoms. The zero-order chi connectivity index (χ0) is 17.7. The summed E-state index contributed by atoms with van der Waals surface area (Å²) in [7, 11) is 0.